The van der Waals surface area contributed by atoms with Gasteiger partial charge in [-0.1, -0.05) is 47.1 Å². The molecule has 4 fully saturated rings. The van der Waals surface area contributed by atoms with Gasteiger partial charge in [0.25, 0.3) is 0 Å². The Hall–Kier alpha value is -1.45. The van der Waals surface area contributed by atoms with Crippen LogP contribution in [0.4, 0.5) is 0 Å². The second-order valence-electron chi connectivity index (χ2n) is 14.4. The summed E-state index contributed by atoms with van der Waals surface area (Å²) in [4.78, 5) is 38.0. The van der Waals surface area contributed by atoms with Crippen LogP contribution in [0.2, 0.25) is 0 Å². The molecule has 9 atom stereocenters. The Kier molecular flexibility index (Phi) is 5.20. The molecule has 4 nitrogen and oxygen atoms in total. The van der Waals surface area contributed by atoms with Crippen LogP contribution in [0.5, 0.6) is 0 Å². The van der Waals surface area contributed by atoms with Crippen molar-refractivity contribution in [1.82, 2.24) is 0 Å². The van der Waals surface area contributed by atoms with Gasteiger partial charge in [0.2, 0.25) is 0 Å². The van der Waals surface area contributed by atoms with Crippen LogP contribution in [0, 0.1) is 56.7 Å². The number of carbonyl (C=O) groups is 3. The van der Waals surface area contributed by atoms with Gasteiger partial charge in [0.1, 0.15) is 6.29 Å². The average molecular weight is 469 g/mol. The van der Waals surface area contributed by atoms with Crippen molar-refractivity contribution in [2.45, 2.75) is 99.3 Å². The lowest BCUT2D eigenvalue weighted by Crippen LogP contribution is -2.66. The van der Waals surface area contributed by atoms with Gasteiger partial charge >= 0.3 is 5.97 Å². The monoisotopic (exact) mass is 468 g/mol. The summed E-state index contributed by atoms with van der Waals surface area (Å²) in [6, 6.07) is 0. The van der Waals surface area contributed by atoms with Crippen LogP contribution in [0.1, 0.15) is 99.3 Å². The predicted octanol–water partition coefficient (Wildman–Crippen LogP) is 6.48. The molecule has 5 rings (SSSR count). The van der Waals surface area contributed by atoms with Crippen LogP contribution in [0.25, 0.3) is 0 Å². The zero-order valence-electron chi connectivity index (χ0n) is 22.1. The number of hydrogen-bond acceptors (Lipinski definition) is 3. The van der Waals surface area contributed by atoms with Crippen LogP contribution in [0.3, 0.4) is 0 Å². The van der Waals surface area contributed by atoms with Crippen molar-refractivity contribution >= 4 is 18.0 Å². The van der Waals surface area contributed by atoms with Crippen molar-refractivity contribution < 1.29 is 19.5 Å². The highest BCUT2D eigenvalue weighted by Crippen LogP contribution is 2.75. The summed E-state index contributed by atoms with van der Waals surface area (Å²) in [7, 11) is 0. The number of ketones is 1. The van der Waals surface area contributed by atoms with Crippen molar-refractivity contribution in [3.8, 4) is 0 Å². The second kappa shape index (κ2) is 7.29. The quantitative estimate of drug-likeness (QED) is 0.471. The maximum atomic E-state index is 14.2. The molecule has 0 heterocycles. The van der Waals surface area contributed by atoms with Crippen LogP contribution in [-0.4, -0.2) is 23.1 Å². The summed E-state index contributed by atoms with van der Waals surface area (Å²) in [5, 5.41) is 9.81. The first-order valence-electron chi connectivity index (χ1n) is 13.7. The number of rotatable bonds is 2. The molecular weight excluding hydrogens is 424 g/mol. The zero-order valence-corrected chi connectivity index (χ0v) is 22.1. The Labute approximate surface area is 205 Å². The molecule has 0 aromatic heterocycles. The summed E-state index contributed by atoms with van der Waals surface area (Å²) < 4.78 is 0. The molecule has 0 spiro atoms. The first kappa shape index (κ1) is 24.3. The van der Waals surface area contributed by atoms with Gasteiger partial charge in [-0.15, -0.1) is 0 Å². The number of carboxylic acids is 1. The molecule has 5 aliphatic rings. The minimum atomic E-state index is -0.677. The van der Waals surface area contributed by atoms with Gasteiger partial charge in [0, 0.05) is 11.8 Å². The van der Waals surface area contributed by atoms with Gasteiger partial charge in [0.15, 0.2) is 5.78 Å². The molecule has 0 radical (unpaired) electrons. The number of aldehydes is 1. The van der Waals surface area contributed by atoms with Gasteiger partial charge in [-0.25, -0.2) is 0 Å². The predicted molar refractivity (Wildman–Crippen MR) is 132 cm³/mol. The third-order valence-electron chi connectivity index (χ3n) is 12.9. The van der Waals surface area contributed by atoms with E-state index in [1.807, 2.05) is 6.08 Å². The fourth-order valence-corrected chi connectivity index (χ4v) is 10.5. The van der Waals surface area contributed by atoms with Gasteiger partial charge in [-0.05, 0) is 103 Å². The van der Waals surface area contributed by atoms with E-state index in [0.717, 1.165) is 51.4 Å². The Morgan fingerprint density at radius 3 is 2.32 bits per heavy atom. The Balaban J connectivity index is 1.60. The van der Waals surface area contributed by atoms with Crippen LogP contribution in [0.15, 0.2) is 11.6 Å². The van der Waals surface area contributed by atoms with E-state index in [9.17, 15) is 19.5 Å². The fraction of sp³-hybridized carbons (Fsp3) is 0.833. The van der Waals surface area contributed by atoms with Crippen LogP contribution < -0.4 is 0 Å². The number of carbonyl (C=O) groups excluding carboxylic acids is 2. The summed E-state index contributed by atoms with van der Waals surface area (Å²) in [5.74, 6) is -0.0919. The van der Waals surface area contributed by atoms with Gasteiger partial charge in [-0.2, -0.15) is 0 Å². The lowest BCUT2D eigenvalue weighted by Gasteiger charge is -2.70. The largest absolute Gasteiger partial charge is 0.481 e. The molecule has 0 aromatic carbocycles. The van der Waals surface area contributed by atoms with E-state index in [1.165, 1.54) is 11.9 Å². The molecule has 0 aliphatic heterocycles. The van der Waals surface area contributed by atoms with Crippen molar-refractivity contribution in [3.63, 3.8) is 0 Å². The Morgan fingerprint density at radius 1 is 0.971 bits per heavy atom. The highest BCUT2D eigenvalue weighted by Gasteiger charge is 2.69. The average Bonchev–Trinajstić information content (AvgIpc) is 2.74. The fourth-order valence-electron chi connectivity index (χ4n) is 10.5. The highest BCUT2D eigenvalue weighted by molar-refractivity contribution is 5.95. The molecule has 0 amide bonds. The van der Waals surface area contributed by atoms with E-state index in [2.05, 4.69) is 41.5 Å². The topological polar surface area (TPSA) is 71.4 Å². The van der Waals surface area contributed by atoms with Gasteiger partial charge in [-0.3, -0.25) is 9.59 Å². The number of aliphatic carboxylic acids is 1. The number of carboxylic acid groups (broad SMARTS) is 1. The van der Waals surface area contributed by atoms with Gasteiger partial charge < -0.3 is 9.90 Å². The number of allylic oxidation sites excluding steroid dienone is 2. The smallest absolute Gasteiger partial charge is 0.306 e. The Morgan fingerprint density at radius 2 is 1.68 bits per heavy atom. The number of fused-ring (bicyclic) bond motifs is 7. The molecule has 8 unspecified atom stereocenters. The first-order valence-corrected chi connectivity index (χ1v) is 13.7. The first-order chi connectivity index (χ1) is 15.7. The van der Waals surface area contributed by atoms with E-state index in [0.29, 0.717) is 12.3 Å². The second-order valence-corrected chi connectivity index (χ2v) is 14.4. The van der Waals surface area contributed by atoms with Crippen molar-refractivity contribution in [1.29, 1.82) is 0 Å². The van der Waals surface area contributed by atoms with Gasteiger partial charge in [0.05, 0.1) is 5.92 Å². The van der Waals surface area contributed by atoms with Crippen molar-refractivity contribution in [3.05, 3.63) is 11.6 Å². The molecule has 34 heavy (non-hydrogen) atoms. The maximum Gasteiger partial charge on any atom is 0.306 e. The molecule has 0 aromatic rings. The minimum absolute atomic E-state index is 0.0254. The maximum absolute atomic E-state index is 14.2. The molecule has 4 saturated carbocycles. The summed E-state index contributed by atoms with van der Waals surface area (Å²) in [6.07, 6.45) is 11.7. The van der Waals surface area contributed by atoms with E-state index in [1.54, 1.807) is 0 Å². The molecule has 1 N–H and O–H groups in total. The molecule has 0 bridgehead atoms. The lowest BCUT2D eigenvalue weighted by molar-refractivity contribution is -0.191. The molecule has 188 valence electrons. The van der Waals surface area contributed by atoms with Crippen molar-refractivity contribution in [2.24, 2.45) is 56.7 Å². The standard InChI is InChI=1S/C30H44O4/c1-26(2)19(17-31)8-11-28(4)23(26)9-12-30(6)24(28)22(32)16-21-20-15-18(25(33)34)7-10-27(20,3)13-14-29(21,30)5/h16-20,23-24H,7-15H2,1-6H3,(H,33,34)/t18?,19?,20?,23?,24?,27?,28?,29-,30?/m1/s1. The third kappa shape index (κ3) is 2.86. The van der Waals surface area contributed by atoms with E-state index < -0.39 is 5.97 Å². The normalized spacial score (nSPS) is 51.8. The summed E-state index contributed by atoms with van der Waals surface area (Å²) in [5.41, 5.74) is 0.987. The highest BCUT2D eigenvalue weighted by atomic mass is 16.4. The summed E-state index contributed by atoms with van der Waals surface area (Å²) >= 11 is 0. The van der Waals surface area contributed by atoms with Crippen LogP contribution >= 0.6 is 0 Å². The van der Waals surface area contributed by atoms with E-state index >= 15 is 0 Å². The number of hydrogen-bond donors (Lipinski definition) is 1. The zero-order chi connectivity index (χ0) is 24.9. The van der Waals surface area contributed by atoms with E-state index in [4.69, 9.17) is 0 Å². The van der Waals surface area contributed by atoms with E-state index in [-0.39, 0.29) is 56.5 Å². The molecule has 5 aliphatic carbocycles. The summed E-state index contributed by atoms with van der Waals surface area (Å²) in [6.45, 7) is 14.0. The van der Waals surface area contributed by atoms with Crippen LogP contribution in [-0.2, 0) is 14.4 Å². The third-order valence-corrected chi connectivity index (χ3v) is 12.9. The Bertz CT molecular complexity index is 963. The minimum Gasteiger partial charge on any atom is -0.481 e. The molecule has 0 saturated heterocycles. The molecule has 4 heteroatoms. The molecular formula is C30H44O4. The lowest BCUT2D eigenvalue weighted by atomic mass is 9.33. The SMILES string of the molecule is CC12CCC(C(=O)O)CC1C1=CC(=O)C3C4(C)CCC(C=O)C(C)(C)C4CCC3(C)[C@]1(C)CC2. The van der Waals surface area contributed by atoms with Crippen molar-refractivity contribution in [2.75, 3.05) is 0 Å².